The van der Waals surface area contributed by atoms with Crippen LogP contribution < -0.4 is 16.0 Å². The molecule has 0 aliphatic rings. The van der Waals surface area contributed by atoms with Crippen LogP contribution in [0.2, 0.25) is 0 Å². The minimum Gasteiger partial charge on any atom is -0.462 e. The molecule has 0 amide bonds. The summed E-state index contributed by atoms with van der Waals surface area (Å²) < 4.78 is 36.8. The number of benzene rings is 2. The first kappa shape index (κ1) is 29.2. The lowest BCUT2D eigenvalue weighted by molar-refractivity contribution is -0.384. The summed E-state index contributed by atoms with van der Waals surface area (Å²) in [6.45, 7) is -0.535. The highest BCUT2D eigenvalue weighted by Crippen LogP contribution is 2.38. The zero-order chi connectivity index (χ0) is 30.8. The number of ether oxygens (including phenoxy) is 1. The van der Waals surface area contributed by atoms with E-state index in [9.17, 15) is 28.5 Å². The first-order valence-electron chi connectivity index (χ1n) is 12.7. The predicted octanol–water partition coefficient (Wildman–Crippen LogP) is 4.47. The molecule has 0 saturated heterocycles. The summed E-state index contributed by atoms with van der Waals surface area (Å²) in [7, 11) is 3.58. The molecule has 0 aliphatic carbocycles. The quantitative estimate of drug-likeness (QED) is 0.178. The van der Waals surface area contributed by atoms with E-state index >= 15 is 0 Å². The number of aromatic nitrogens is 3. The van der Waals surface area contributed by atoms with Crippen molar-refractivity contribution < 1.29 is 18.4 Å². The van der Waals surface area contributed by atoms with Gasteiger partial charge in [-0.15, -0.1) is 11.3 Å². The van der Waals surface area contributed by atoms with Crippen LogP contribution in [0.1, 0.15) is 11.1 Å². The van der Waals surface area contributed by atoms with E-state index in [0.717, 1.165) is 32.6 Å². The molecule has 43 heavy (non-hydrogen) atoms. The Hall–Kier alpha value is -5.26. The van der Waals surface area contributed by atoms with Gasteiger partial charge in [0.1, 0.15) is 22.5 Å². The minimum atomic E-state index is -0.862. The molecule has 3 heterocycles. The summed E-state index contributed by atoms with van der Waals surface area (Å²) in [5.41, 5.74) is -0.868. The molecular formula is C29H22F2N6O5S. The van der Waals surface area contributed by atoms with Gasteiger partial charge in [-0.1, -0.05) is 6.07 Å². The number of pyridine rings is 1. The minimum absolute atomic E-state index is 0.0721. The molecule has 2 aromatic carbocycles. The largest absolute Gasteiger partial charge is 0.462 e. The number of halogens is 2. The zero-order valence-electron chi connectivity index (χ0n) is 22.8. The van der Waals surface area contributed by atoms with Gasteiger partial charge in [-0.3, -0.25) is 19.5 Å². The second-order valence-electron chi connectivity index (χ2n) is 9.64. The van der Waals surface area contributed by atoms with Crippen molar-refractivity contribution in [3.05, 3.63) is 115 Å². The van der Waals surface area contributed by atoms with E-state index in [-0.39, 0.29) is 46.2 Å². The van der Waals surface area contributed by atoms with Gasteiger partial charge in [0.15, 0.2) is 6.61 Å². The molecule has 0 spiro atoms. The molecule has 218 valence electrons. The number of nitro benzene ring substituents is 1. The summed E-state index contributed by atoms with van der Waals surface area (Å²) >= 11 is 1.08. The third-order valence-electron chi connectivity index (χ3n) is 6.53. The van der Waals surface area contributed by atoms with Crippen molar-refractivity contribution in [2.24, 2.45) is 0 Å². The van der Waals surface area contributed by atoms with Gasteiger partial charge in [0, 0.05) is 35.2 Å². The average Bonchev–Trinajstić information content (AvgIpc) is 3.34. The molecule has 11 nitrogen and oxygen atoms in total. The van der Waals surface area contributed by atoms with Crippen LogP contribution >= 0.6 is 11.3 Å². The standard InChI is InChI=1S/C29H22F2N6O5S/c1-34(2)15-21-25-27(38)36(19-10-11-24(33-14-19)42-13-12-32)29(39)35(16-20-22(30)4-3-5-23(20)31)28(25)43-26(21)17-6-8-18(9-7-17)37(40)41/h3-11,14H,13,15-16H2,1-2H3. The molecule has 3 aromatic heterocycles. The number of hydrogen-bond donors (Lipinski definition) is 0. The summed E-state index contributed by atoms with van der Waals surface area (Å²) in [6, 6.07) is 13.7. The Morgan fingerprint density at radius 3 is 2.35 bits per heavy atom. The van der Waals surface area contributed by atoms with Crippen LogP contribution in [0, 0.1) is 33.1 Å². The normalized spacial score (nSPS) is 11.2. The van der Waals surface area contributed by atoms with Crippen LogP contribution in [-0.4, -0.2) is 44.6 Å². The van der Waals surface area contributed by atoms with E-state index in [2.05, 4.69) is 4.98 Å². The number of nitrogens with zero attached hydrogens (tertiary/aromatic N) is 6. The van der Waals surface area contributed by atoms with E-state index in [1.165, 1.54) is 36.5 Å². The van der Waals surface area contributed by atoms with Gasteiger partial charge in [0.05, 0.1) is 28.7 Å². The van der Waals surface area contributed by atoms with E-state index in [0.29, 0.717) is 16.0 Å². The van der Waals surface area contributed by atoms with E-state index in [1.807, 2.05) is 11.0 Å². The number of nitro groups is 1. The summed E-state index contributed by atoms with van der Waals surface area (Å²) in [5.74, 6) is -1.63. The number of rotatable bonds is 9. The van der Waals surface area contributed by atoms with E-state index < -0.39 is 34.4 Å². The number of thiophene rings is 1. The zero-order valence-corrected chi connectivity index (χ0v) is 23.6. The fourth-order valence-electron chi connectivity index (χ4n) is 4.61. The Kier molecular flexibility index (Phi) is 8.11. The third-order valence-corrected chi connectivity index (χ3v) is 7.83. The monoisotopic (exact) mass is 604 g/mol. The molecule has 0 radical (unpaired) electrons. The highest BCUT2D eigenvalue weighted by atomic mass is 32.1. The number of hydrogen-bond acceptors (Lipinski definition) is 9. The molecule has 0 atom stereocenters. The van der Waals surface area contributed by atoms with E-state index in [1.54, 1.807) is 26.2 Å². The lowest BCUT2D eigenvalue weighted by Crippen LogP contribution is -2.39. The van der Waals surface area contributed by atoms with E-state index in [4.69, 9.17) is 10.00 Å². The predicted molar refractivity (Wildman–Crippen MR) is 156 cm³/mol. The molecule has 0 saturated carbocycles. The van der Waals surface area contributed by atoms with Crippen LogP contribution in [0.5, 0.6) is 5.88 Å². The molecule has 0 fully saturated rings. The Balaban J connectivity index is 1.83. The maximum atomic E-state index is 14.8. The van der Waals surface area contributed by atoms with Gasteiger partial charge in [0.2, 0.25) is 5.88 Å². The fraction of sp³-hybridized carbons (Fsp3) is 0.172. The van der Waals surface area contributed by atoms with Crippen LogP contribution in [0.3, 0.4) is 0 Å². The molecular weight excluding hydrogens is 582 g/mol. The smallest absolute Gasteiger partial charge is 0.337 e. The van der Waals surface area contributed by atoms with Crippen LogP contribution in [0.4, 0.5) is 14.5 Å². The second kappa shape index (κ2) is 11.9. The highest BCUT2D eigenvalue weighted by molar-refractivity contribution is 7.22. The molecule has 14 heteroatoms. The van der Waals surface area contributed by atoms with Crippen molar-refractivity contribution in [2.75, 3.05) is 20.7 Å². The summed E-state index contributed by atoms with van der Waals surface area (Å²) in [5, 5.41) is 20.1. The Morgan fingerprint density at radius 2 is 1.77 bits per heavy atom. The third kappa shape index (κ3) is 5.63. The number of fused-ring (bicyclic) bond motifs is 1. The maximum Gasteiger partial charge on any atom is 0.337 e. The van der Waals surface area contributed by atoms with Crippen molar-refractivity contribution >= 4 is 27.2 Å². The van der Waals surface area contributed by atoms with Gasteiger partial charge in [-0.05, 0) is 55.6 Å². The van der Waals surface area contributed by atoms with Gasteiger partial charge in [-0.2, -0.15) is 5.26 Å². The lowest BCUT2D eigenvalue weighted by atomic mass is 10.1. The lowest BCUT2D eigenvalue weighted by Gasteiger charge is -2.15. The van der Waals surface area contributed by atoms with Gasteiger partial charge < -0.3 is 9.64 Å². The van der Waals surface area contributed by atoms with Crippen LogP contribution in [0.25, 0.3) is 26.3 Å². The molecule has 5 aromatic rings. The first-order valence-corrected chi connectivity index (χ1v) is 13.5. The van der Waals surface area contributed by atoms with Gasteiger partial charge in [-0.25, -0.2) is 23.1 Å². The van der Waals surface area contributed by atoms with Gasteiger partial charge in [0.25, 0.3) is 11.2 Å². The highest BCUT2D eigenvalue weighted by Gasteiger charge is 2.25. The van der Waals surface area contributed by atoms with Crippen molar-refractivity contribution in [1.29, 1.82) is 5.26 Å². The van der Waals surface area contributed by atoms with Crippen molar-refractivity contribution in [3.63, 3.8) is 0 Å². The number of non-ortho nitro benzene ring substituents is 1. The van der Waals surface area contributed by atoms with Crippen LogP contribution in [0.15, 0.2) is 70.4 Å². The second-order valence-corrected chi connectivity index (χ2v) is 10.6. The van der Waals surface area contributed by atoms with Crippen LogP contribution in [-0.2, 0) is 13.1 Å². The molecule has 0 N–H and O–H groups in total. The molecule has 5 rings (SSSR count). The average molecular weight is 605 g/mol. The Labute approximate surface area is 246 Å². The maximum absolute atomic E-state index is 14.8. The Morgan fingerprint density at radius 1 is 1.07 bits per heavy atom. The topological polar surface area (TPSA) is 136 Å². The van der Waals surface area contributed by atoms with Crippen molar-refractivity contribution in [2.45, 2.75) is 13.1 Å². The van der Waals surface area contributed by atoms with Crippen molar-refractivity contribution in [1.82, 2.24) is 19.0 Å². The fourth-order valence-corrected chi connectivity index (χ4v) is 5.91. The summed E-state index contributed by atoms with van der Waals surface area (Å²) in [6.07, 6.45) is 1.23. The van der Waals surface area contributed by atoms with Gasteiger partial charge >= 0.3 is 5.69 Å². The molecule has 0 unspecified atom stereocenters. The van der Waals surface area contributed by atoms with Crippen molar-refractivity contribution in [3.8, 4) is 28.1 Å². The summed E-state index contributed by atoms with van der Waals surface area (Å²) in [4.78, 5) is 45.5. The molecule has 0 bridgehead atoms. The number of nitriles is 1. The Bertz CT molecular complexity index is 1990. The first-order chi connectivity index (χ1) is 20.6. The molecule has 0 aliphatic heterocycles. The SMILES string of the molecule is CN(C)Cc1c(-c2ccc([N+](=O)[O-])cc2)sc2c1c(=O)n(-c1ccc(OCC#N)nc1)c(=O)n2Cc1c(F)cccc1F.